The average molecular weight is 360 g/mol. The highest BCUT2D eigenvalue weighted by Crippen LogP contribution is 2.28. The van der Waals surface area contributed by atoms with E-state index >= 15 is 0 Å². The Bertz CT molecular complexity index is 574. The average Bonchev–Trinajstić information content (AvgIpc) is 3.05. The number of carboxylic acids is 1. The SMILES string of the molecule is CCN(CC(=O)O)C1CC(NC(C)C2CCN(Cc3ccccc3)C2)C1. The lowest BCUT2D eigenvalue weighted by Crippen LogP contribution is -2.56. The lowest BCUT2D eigenvalue weighted by Gasteiger charge is -2.44. The van der Waals surface area contributed by atoms with E-state index in [1.807, 2.05) is 6.92 Å². The molecule has 1 aromatic rings. The van der Waals surface area contributed by atoms with Crippen molar-refractivity contribution in [1.82, 2.24) is 15.1 Å². The summed E-state index contributed by atoms with van der Waals surface area (Å²) >= 11 is 0. The van der Waals surface area contributed by atoms with Gasteiger partial charge in [0.1, 0.15) is 0 Å². The molecule has 2 unspecified atom stereocenters. The first kappa shape index (κ1) is 19.3. The summed E-state index contributed by atoms with van der Waals surface area (Å²) in [7, 11) is 0. The summed E-state index contributed by atoms with van der Waals surface area (Å²) in [5.74, 6) is -0.0137. The van der Waals surface area contributed by atoms with Gasteiger partial charge >= 0.3 is 5.97 Å². The van der Waals surface area contributed by atoms with Gasteiger partial charge in [-0.15, -0.1) is 0 Å². The van der Waals surface area contributed by atoms with Gasteiger partial charge in [-0.05, 0) is 50.8 Å². The van der Waals surface area contributed by atoms with Crippen molar-refractivity contribution < 1.29 is 9.90 Å². The summed E-state index contributed by atoms with van der Waals surface area (Å²) in [6.07, 6.45) is 3.41. The zero-order valence-electron chi connectivity index (χ0n) is 16.1. The zero-order chi connectivity index (χ0) is 18.5. The zero-order valence-corrected chi connectivity index (χ0v) is 16.1. The van der Waals surface area contributed by atoms with Gasteiger partial charge in [-0.25, -0.2) is 0 Å². The fraction of sp³-hybridized carbons (Fsp3) is 0.667. The first-order chi connectivity index (χ1) is 12.5. The Morgan fingerprint density at radius 1 is 1.35 bits per heavy atom. The number of nitrogens with zero attached hydrogens (tertiary/aromatic N) is 2. The molecule has 5 nitrogen and oxygen atoms in total. The van der Waals surface area contributed by atoms with E-state index in [1.54, 1.807) is 0 Å². The largest absolute Gasteiger partial charge is 0.480 e. The highest BCUT2D eigenvalue weighted by Gasteiger charge is 2.36. The predicted octanol–water partition coefficient (Wildman–Crippen LogP) is 2.42. The van der Waals surface area contributed by atoms with Crippen molar-refractivity contribution in [3.63, 3.8) is 0 Å². The summed E-state index contributed by atoms with van der Waals surface area (Å²) < 4.78 is 0. The maximum Gasteiger partial charge on any atom is 0.317 e. The van der Waals surface area contributed by atoms with E-state index in [2.05, 4.69) is 52.4 Å². The van der Waals surface area contributed by atoms with Crippen LogP contribution in [-0.4, -0.2) is 65.2 Å². The molecule has 1 aliphatic heterocycles. The molecule has 144 valence electrons. The van der Waals surface area contributed by atoms with Crippen LogP contribution in [-0.2, 0) is 11.3 Å². The van der Waals surface area contributed by atoms with E-state index in [9.17, 15) is 4.79 Å². The smallest absolute Gasteiger partial charge is 0.317 e. The second kappa shape index (κ2) is 8.98. The van der Waals surface area contributed by atoms with Crippen LogP contribution in [0.15, 0.2) is 30.3 Å². The standard InChI is InChI=1S/C21H33N3O2/c1-3-24(15-21(25)26)20-11-19(12-20)22-16(2)18-9-10-23(14-18)13-17-7-5-4-6-8-17/h4-8,16,18-20,22H,3,9-15H2,1-2H3,(H,25,26). The van der Waals surface area contributed by atoms with Crippen molar-refractivity contribution in [2.75, 3.05) is 26.2 Å². The lowest BCUT2D eigenvalue weighted by atomic mass is 9.84. The molecule has 26 heavy (non-hydrogen) atoms. The summed E-state index contributed by atoms with van der Waals surface area (Å²) in [6, 6.07) is 12.2. The van der Waals surface area contributed by atoms with Crippen molar-refractivity contribution in [3.8, 4) is 0 Å². The number of carbonyl (C=O) groups is 1. The Balaban J connectivity index is 1.38. The van der Waals surface area contributed by atoms with E-state index in [0.29, 0.717) is 24.0 Å². The molecular weight excluding hydrogens is 326 g/mol. The number of rotatable bonds is 9. The van der Waals surface area contributed by atoms with Gasteiger partial charge in [-0.3, -0.25) is 14.6 Å². The van der Waals surface area contributed by atoms with Crippen LogP contribution in [0.2, 0.25) is 0 Å². The number of nitrogens with one attached hydrogen (secondary N) is 1. The molecule has 2 N–H and O–H groups in total. The molecule has 2 fully saturated rings. The van der Waals surface area contributed by atoms with E-state index in [1.165, 1.54) is 25.1 Å². The second-order valence-corrected chi connectivity index (χ2v) is 8.00. The second-order valence-electron chi connectivity index (χ2n) is 8.00. The van der Waals surface area contributed by atoms with Crippen molar-refractivity contribution in [2.45, 2.75) is 57.8 Å². The van der Waals surface area contributed by atoms with Gasteiger partial charge in [0.25, 0.3) is 0 Å². The molecule has 5 heteroatoms. The van der Waals surface area contributed by atoms with Gasteiger partial charge in [-0.2, -0.15) is 0 Å². The molecular formula is C21H33N3O2. The van der Waals surface area contributed by atoms with Crippen LogP contribution in [0.5, 0.6) is 0 Å². The third-order valence-corrected chi connectivity index (χ3v) is 6.14. The third-order valence-electron chi connectivity index (χ3n) is 6.14. The lowest BCUT2D eigenvalue weighted by molar-refractivity contribution is -0.139. The Kier molecular flexibility index (Phi) is 6.68. The number of carboxylic acid groups (broad SMARTS) is 1. The predicted molar refractivity (Wildman–Crippen MR) is 104 cm³/mol. The Morgan fingerprint density at radius 3 is 2.73 bits per heavy atom. The Hall–Kier alpha value is -1.43. The van der Waals surface area contributed by atoms with Crippen LogP contribution in [0.4, 0.5) is 0 Å². The van der Waals surface area contributed by atoms with Crippen LogP contribution < -0.4 is 5.32 Å². The summed E-state index contributed by atoms with van der Waals surface area (Å²) in [5.41, 5.74) is 1.40. The minimum Gasteiger partial charge on any atom is -0.480 e. The maximum atomic E-state index is 10.9. The van der Waals surface area contributed by atoms with Gasteiger partial charge in [-0.1, -0.05) is 37.3 Å². The molecule has 1 aliphatic carbocycles. The van der Waals surface area contributed by atoms with Crippen molar-refractivity contribution in [1.29, 1.82) is 0 Å². The maximum absolute atomic E-state index is 10.9. The molecule has 2 atom stereocenters. The molecule has 1 heterocycles. The first-order valence-corrected chi connectivity index (χ1v) is 10.0. The molecule has 0 amide bonds. The number of hydrogen-bond donors (Lipinski definition) is 2. The van der Waals surface area contributed by atoms with Crippen molar-refractivity contribution in [3.05, 3.63) is 35.9 Å². The van der Waals surface area contributed by atoms with E-state index < -0.39 is 5.97 Å². The number of likely N-dealkylation sites (tertiary alicyclic amines) is 1. The van der Waals surface area contributed by atoms with Crippen LogP contribution in [0.3, 0.4) is 0 Å². The molecule has 0 radical (unpaired) electrons. The van der Waals surface area contributed by atoms with Gasteiger partial charge in [0, 0.05) is 31.2 Å². The number of likely N-dealkylation sites (N-methyl/N-ethyl adjacent to an activating group) is 1. The van der Waals surface area contributed by atoms with E-state index in [-0.39, 0.29) is 6.54 Å². The number of benzene rings is 1. The molecule has 1 saturated heterocycles. The molecule has 1 saturated carbocycles. The molecule has 1 aromatic carbocycles. The third kappa shape index (κ3) is 5.06. The van der Waals surface area contributed by atoms with Crippen molar-refractivity contribution >= 4 is 5.97 Å². The monoisotopic (exact) mass is 359 g/mol. The Labute approximate surface area is 157 Å². The van der Waals surface area contributed by atoms with Gasteiger partial charge in [0.05, 0.1) is 6.54 Å². The van der Waals surface area contributed by atoms with Gasteiger partial charge in [0.2, 0.25) is 0 Å². The quantitative estimate of drug-likeness (QED) is 0.709. The first-order valence-electron chi connectivity index (χ1n) is 10.0. The van der Waals surface area contributed by atoms with Gasteiger partial charge < -0.3 is 10.4 Å². The number of hydrogen-bond acceptors (Lipinski definition) is 4. The molecule has 2 aliphatic rings. The van der Waals surface area contributed by atoms with Gasteiger partial charge in [0.15, 0.2) is 0 Å². The minimum atomic E-state index is -0.721. The topological polar surface area (TPSA) is 55.8 Å². The van der Waals surface area contributed by atoms with Crippen LogP contribution in [0.1, 0.15) is 38.7 Å². The number of aliphatic carboxylic acids is 1. The highest BCUT2D eigenvalue weighted by molar-refractivity contribution is 5.69. The fourth-order valence-electron chi connectivity index (χ4n) is 4.46. The minimum absolute atomic E-state index is 0.167. The van der Waals surface area contributed by atoms with Crippen LogP contribution in [0, 0.1) is 5.92 Å². The van der Waals surface area contributed by atoms with Crippen LogP contribution >= 0.6 is 0 Å². The molecule has 0 spiro atoms. The summed E-state index contributed by atoms with van der Waals surface area (Å²) in [6.45, 7) is 8.75. The van der Waals surface area contributed by atoms with Crippen LogP contribution in [0.25, 0.3) is 0 Å². The molecule has 3 rings (SSSR count). The van der Waals surface area contributed by atoms with E-state index in [4.69, 9.17) is 5.11 Å². The highest BCUT2D eigenvalue weighted by atomic mass is 16.4. The van der Waals surface area contributed by atoms with Crippen molar-refractivity contribution in [2.24, 2.45) is 5.92 Å². The molecule has 0 bridgehead atoms. The summed E-state index contributed by atoms with van der Waals surface area (Å²) in [5, 5.41) is 12.8. The normalized spacial score (nSPS) is 27.4. The summed E-state index contributed by atoms with van der Waals surface area (Å²) in [4.78, 5) is 15.6. The fourth-order valence-corrected chi connectivity index (χ4v) is 4.46. The molecule has 0 aromatic heterocycles. The van der Waals surface area contributed by atoms with E-state index in [0.717, 1.165) is 25.9 Å². The Morgan fingerprint density at radius 2 is 2.08 bits per heavy atom.